The van der Waals surface area contributed by atoms with Crippen LogP contribution >= 0.6 is 0 Å². The zero-order valence-electron chi connectivity index (χ0n) is 13.5. The fourth-order valence-electron chi connectivity index (χ4n) is 2.96. The van der Waals surface area contributed by atoms with Gasteiger partial charge in [0.2, 0.25) is 0 Å². The van der Waals surface area contributed by atoms with Gasteiger partial charge < -0.3 is 10.5 Å². The van der Waals surface area contributed by atoms with Crippen molar-refractivity contribution in [2.24, 2.45) is 11.1 Å². The van der Waals surface area contributed by atoms with E-state index in [1.165, 1.54) is 6.07 Å². The maximum absolute atomic E-state index is 11.0. The van der Waals surface area contributed by atoms with E-state index >= 15 is 0 Å². The van der Waals surface area contributed by atoms with E-state index < -0.39 is 0 Å². The van der Waals surface area contributed by atoms with Gasteiger partial charge in [-0.3, -0.25) is 15.0 Å². The molecule has 6 heteroatoms. The van der Waals surface area contributed by atoms with Crippen LogP contribution in [0.1, 0.15) is 32.8 Å². The average Bonchev–Trinajstić information content (AvgIpc) is 2.44. The molecule has 0 radical (unpaired) electrons. The van der Waals surface area contributed by atoms with E-state index in [4.69, 9.17) is 10.5 Å². The Morgan fingerprint density at radius 2 is 2.23 bits per heavy atom. The Labute approximate surface area is 131 Å². The Morgan fingerprint density at radius 1 is 1.50 bits per heavy atom. The van der Waals surface area contributed by atoms with Crippen LogP contribution in [0.5, 0.6) is 5.75 Å². The van der Waals surface area contributed by atoms with Gasteiger partial charge in [0.25, 0.3) is 5.69 Å². The number of ether oxygens (including phenoxy) is 1. The summed E-state index contributed by atoms with van der Waals surface area (Å²) in [5.41, 5.74) is 7.18. The van der Waals surface area contributed by atoms with Crippen molar-refractivity contribution in [2.75, 3.05) is 19.7 Å². The van der Waals surface area contributed by atoms with Crippen LogP contribution in [0.3, 0.4) is 0 Å². The molecule has 2 rings (SSSR count). The van der Waals surface area contributed by atoms with Gasteiger partial charge in [-0.05, 0) is 24.8 Å². The van der Waals surface area contributed by atoms with Crippen molar-refractivity contribution in [3.8, 4) is 5.75 Å². The van der Waals surface area contributed by atoms with E-state index in [0.717, 1.165) is 30.8 Å². The number of likely N-dealkylation sites (tertiary alicyclic amines) is 1. The second-order valence-corrected chi connectivity index (χ2v) is 6.58. The number of hydrogen-bond donors (Lipinski definition) is 1. The third-order valence-electron chi connectivity index (χ3n) is 4.34. The zero-order valence-corrected chi connectivity index (χ0v) is 13.5. The number of hydrogen-bond acceptors (Lipinski definition) is 5. The van der Waals surface area contributed by atoms with Gasteiger partial charge in [0.05, 0.1) is 11.5 Å². The highest BCUT2D eigenvalue weighted by Crippen LogP contribution is 2.31. The lowest BCUT2D eigenvalue weighted by Crippen LogP contribution is -2.52. The second-order valence-electron chi connectivity index (χ2n) is 6.58. The molecule has 1 fully saturated rings. The standard InChI is InChI=1S/C16H25N3O3/c1-4-22-14-6-5-13(19(20)21)9-12(14)10-18-8-7-15(17)16(2,3)11-18/h5-6,9,15H,4,7-8,10-11,17H2,1-3H3. The summed E-state index contributed by atoms with van der Waals surface area (Å²) in [7, 11) is 0. The molecule has 1 aliphatic rings. The van der Waals surface area contributed by atoms with Crippen LogP contribution in [0, 0.1) is 15.5 Å². The molecule has 122 valence electrons. The molecule has 0 saturated carbocycles. The Morgan fingerprint density at radius 3 is 2.82 bits per heavy atom. The van der Waals surface area contributed by atoms with Crippen LogP contribution in [0.15, 0.2) is 18.2 Å². The number of nitro groups is 1. The minimum absolute atomic E-state index is 0.0464. The molecule has 22 heavy (non-hydrogen) atoms. The lowest BCUT2D eigenvalue weighted by atomic mass is 9.79. The highest BCUT2D eigenvalue weighted by Gasteiger charge is 2.33. The van der Waals surface area contributed by atoms with Crippen LogP contribution in [0.2, 0.25) is 0 Å². The Balaban J connectivity index is 2.20. The van der Waals surface area contributed by atoms with E-state index in [1.807, 2.05) is 6.92 Å². The van der Waals surface area contributed by atoms with Crippen LogP contribution in [-0.4, -0.2) is 35.6 Å². The minimum Gasteiger partial charge on any atom is -0.494 e. The molecule has 1 heterocycles. The number of piperidine rings is 1. The van der Waals surface area contributed by atoms with Gasteiger partial charge in [-0.15, -0.1) is 0 Å². The fraction of sp³-hybridized carbons (Fsp3) is 0.625. The number of nitrogens with zero attached hydrogens (tertiary/aromatic N) is 2. The fourth-order valence-corrected chi connectivity index (χ4v) is 2.96. The molecule has 1 aliphatic heterocycles. The zero-order chi connectivity index (χ0) is 16.3. The number of benzene rings is 1. The van der Waals surface area contributed by atoms with Crippen molar-refractivity contribution < 1.29 is 9.66 Å². The van der Waals surface area contributed by atoms with Crippen LogP contribution < -0.4 is 10.5 Å². The number of rotatable bonds is 5. The van der Waals surface area contributed by atoms with E-state index in [9.17, 15) is 10.1 Å². The highest BCUT2D eigenvalue weighted by molar-refractivity contribution is 5.43. The third-order valence-corrected chi connectivity index (χ3v) is 4.34. The Kier molecular flexibility index (Phi) is 5.03. The third kappa shape index (κ3) is 3.75. The van der Waals surface area contributed by atoms with E-state index in [2.05, 4.69) is 18.7 Å². The van der Waals surface area contributed by atoms with Gasteiger partial charge in [0.15, 0.2) is 0 Å². The maximum atomic E-state index is 11.0. The molecule has 0 amide bonds. The quantitative estimate of drug-likeness (QED) is 0.668. The molecule has 0 spiro atoms. The largest absolute Gasteiger partial charge is 0.494 e. The Hall–Kier alpha value is -1.66. The Bertz CT molecular complexity index is 545. The molecule has 1 aromatic carbocycles. The molecule has 1 saturated heterocycles. The lowest BCUT2D eigenvalue weighted by Gasteiger charge is -2.42. The van der Waals surface area contributed by atoms with Crippen LogP contribution in [0.4, 0.5) is 5.69 Å². The van der Waals surface area contributed by atoms with E-state index in [-0.39, 0.29) is 22.1 Å². The summed E-state index contributed by atoms with van der Waals surface area (Å²) in [4.78, 5) is 12.9. The van der Waals surface area contributed by atoms with Crippen LogP contribution in [-0.2, 0) is 6.54 Å². The normalized spacial score (nSPS) is 21.5. The van der Waals surface area contributed by atoms with Gasteiger partial charge in [-0.25, -0.2) is 0 Å². The van der Waals surface area contributed by atoms with E-state index in [0.29, 0.717) is 13.2 Å². The predicted molar refractivity (Wildman–Crippen MR) is 85.9 cm³/mol. The molecular weight excluding hydrogens is 282 g/mol. The molecule has 1 unspecified atom stereocenters. The van der Waals surface area contributed by atoms with E-state index in [1.54, 1.807) is 12.1 Å². The van der Waals surface area contributed by atoms with Gasteiger partial charge in [0, 0.05) is 43.4 Å². The minimum atomic E-state index is -0.366. The lowest BCUT2D eigenvalue weighted by molar-refractivity contribution is -0.385. The van der Waals surface area contributed by atoms with Crippen molar-refractivity contribution in [1.82, 2.24) is 4.90 Å². The number of nitrogens with two attached hydrogens (primary N) is 1. The van der Waals surface area contributed by atoms with Gasteiger partial charge in [-0.2, -0.15) is 0 Å². The van der Waals surface area contributed by atoms with Crippen molar-refractivity contribution in [2.45, 2.75) is 39.8 Å². The predicted octanol–water partition coefficient (Wildman–Crippen LogP) is 2.55. The van der Waals surface area contributed by atoms with Crippen molar-refractivity contribution in [1.29, 1.82) is 0 Å². The SMILES string of the molecule is CCOc1ccc([N+](=O)[O-])cc1CN1CCC(N)C(C)(C)C1. The first-order chi connectivity index (χ1) is 10.3. The summed E-state index contributed by atoms with van der Waals surface area (Å²) in [6.07, 6.45) is 0.936. The van der Waals surface area contributed by atoms with Gasteiger partial charge in [-0.1, -0.05) is 13.8 Å². The molecule has 6 nitrogen and oxygen atoms in total. The number of nitro benzene ring substituents is 1. The van der Waals surface area contributed by atoms with Crippen molar-refractivity contribution in [3.63, 3.8) is 0 Å². The number of non-ortho nitro benzene ring substituents is 1. The molecular formula is C16H25N3O3. The molecule has 2 N–H and O–H groups in total. The maximum Gasteiger partial charge on any atom is 0.270 e. The molecule has 0 aliphatic carbocycles. The molecule has 0 aromatic heterocycles. The summed E-state index contributed by atoms with van der Waals surface area (Å²) >= 11 is 0. The average molecular weight is 307 g/mol. The van der Waals surface area contributed by atoms with Crippen molar-refractivity contribution in [3.05, 3.63) is 33.9 Å². The smallest absolute Gasteiger partial charge is 0.270 e. The highest BCUT2D eigenvalue weighted by atomic mass is 16.6. The summed E-state index contributed by atoms with van der Waals surface area (Å²) in [5, 5.41) is 11.0. The van der Waals surface area contributed by atoms with Gasteiger partial charge in [0.1, 0.15) is 5.75 Å². The summed E-state index contributed by atoms with van der Waals surface area (Å²) in [6.45, 7) is 9.21. The molecule has 1 atom stereocenters. The second kappa shape index (κ2) is 6.62. The summed E-state index contributed by atoms with van der Waals surface area (Å²) in [5.74, 6) is 0.723. The van der Waals surface area contributed by atoms with Gasteiger partial charge >= 0.3 is 0 Å². The first-order valence-electron chi connectivity index (χ1n) is 7.71. The first kappa shape index (κ1) is 16.7. The van der Waals surface area contributed by atoms with Crippen LogP contribution in [0.25, 0.3) is 0 Å². The summed E-state index contributed by atoms with van der Waals surface area (Å²) in [6, 6.07) is 5.00. The first-order valence-corrected chi connectivity index (χ1v) is 7.71. The molecule has 1 aromatic rings. The molecule has 0 bridgehead atoms. The van der Waals surface area contributed by atoms with Crippen molar-refractivity contribution >= 4 is 5.69 Å². The summed E-state index contributed by atoms with van der Waals surface area (Å²) < 4.78 is 5.61. The topological polar surface area (TPSA) is 81.6 Å². The monoisotopic (exact) mass is 307 g/mol.